The molecule has 2 aliphatic rings. The van der Waals surface area contributed by atoms with Crippen molar-refractivity contribution in [2.24, 2.45) is 5.73 Å². The van der Waals surface area contributed by atoms with Crippen LogP contribution in [0.2, 0.25) is 0 Å². The van der Waals surface area contributed by atoms with Crippen molar-refractivity contribution >= 4 is 17.4 Å². The predicted molar refractivity (Wildman–Crippen MR) is 78.6 cm³/mol. The second-order valence-electron chi connectivity index (χ2n) is 5.63. The number of likely N-dealkylation sites (tertiary alicyclic amines) is 1. The number of hydrogen-bond donors (Lipinski definition) is 2. The second kappa shape index (κ2) is 5.28. The van der Waals surface area contributed by atoms with Crippen LogP contribution in [0.25, 0.3) is 0 Å². The maximum Gasteiger partial charge on any atom is 0.250 e. The lowest BCUT2D eigenvalue weighted by atomic mass is 10.2. The molecule has 0 aliphatic carbocycles. The molecule has 0 spiro atoms. The lowest BCUT2D eigenvalue weighted by Crippen LogP contribution is -2.35. The Bertz CT molecular complexity index is 512. The number of carbonyl (C=O) groups is 1. The highest BCUT2D eigenvalue weighted by Crippen LogP contribution is 2.25. The molecular formula is C14H21N5O. The number of rotatable bonds is 3. The van der Waals surface area contributed by atoms with Crippen LogP contribution in [-0.2, 0) is 0 Å². The maximum absolute atomic E-state index is 11.4. The number of anilines is 2. The average molecular weight is 275 g/mol. The summed E-state index contributed by atoms with van der Waals surface area (Å²) in [5.74, 6) is 0.302. The quantitative estimate of drug-likeness (QED) is 0.835. The first-order valence-electron chi connectivity index (χ1n) is 7.19. The summed E-state index contributed by atoms with van der Waals surface area (Å²) >= 11 is 0. The molecule has 0 saturated carbocycles. The van der Waals surface area contributed by atoms with Gasteiger partial charge in [-0.3, -0.25) is 9.69 Å². The molecular weight excluding hydrogens is 254 g/mol. The molecule has 6 heteroatoms. The number of carbonyl (C=O) groups excluding carboxylic acids is 1. The molecule has 0 aromatic carbocycles. The van der Waals surface area contributed by atoms with Crippen LogP contribution in [0.5, 0.6) is 0 Å². The molecule has 0 bridgehead atoms. The third-order valence-electron chi connectivity index (χ3n) is 4.33. The topological polar surface area (TPSA) is 88.5 Å². The van der Waals surface area contributed by atoms with Gasteiger partial charge in [0.15, 0.2) is 0 Å². The van der Waals surface area contributed by atoms with Crippen LogP contribution in [0, 0.1) is 0 Å². The van der Waals surface area contributed by atoms with Crippen molar-refractivity contribution in [3.63, 3.8) is 0 Å². The first-order chi connectivity index (χ1) is 9.65. The van der Waals surface area contributed by atoms with Gasteiger partial charge in [0, 0.05) is 19.1 Å². The Balaban J connectivity index is 1.74. The Labute approximate surface area is 118 Å². The summed E-state index contributed by atoms with van der Waals surface area (Å²) < 4.78 is 0. The van der Waals surface area contributed by atoms with Gasteiger partial charge in [0.1, 0.15) is 5.82 Å². The van der Waals surface area contributed by atoms with Crippen molar-refractivity contribution in [3.8, 4) is 0 Å². The minimum atomic E-state index is -0.499. The fourth-order valence-corrected chi connectivity index (χ4v) is 3.20. The van der Waals surface area contributed by atoms with E-state index < -0.39 is 5.91 Å². The van der Waals surface area contributed by atoms with Gasteiger partial charge in [-0.2, -0.15) is 0 Å². The van der Waals surface area contributed by atoms with E-state index in [-0.39, 0.29) is 0 Å². The van der Waals surface area contributed by atoms with Crippen LogP contribution < -0.4 is 16.4 Å². The van der Waals surface area contributed by atoms with Gasteiger partial charge >= 0.3 is 0 Å². The standard InChI is InChI=1S/C14H21N5O/c15-12-8-17-13(7-11(12)14(16)20)19-6-3-10(9-19)18-4-1-2-5-18/h7-8,10H,1-6,9,15H2,(H2,16,20). The number of amides is 1. The molecule has 1 unspecified atom stereocenters. The Morgan fingerprint density at radius 1 is 1.30 bits per heavy atom. The molecule has 3 heterocycles. The van der Waals surface area contributed by atoms with Gasteiger partial charge in [0.25, 0.3) is 5.91 Å². The highest BCUT2D eigenvalue weighted by atomic mass is 16.1. The zero-order valence-electron chi connectivity index (χ0n) is 11.6. The van der Waals surface area contributed by atoms with Gasteiger partial charge < -0.3 is 16.4 Å². The minimum absolute atomic E-state index is 0.344. The minimum Gasteiger partial charge on any atom is -0.397 e. The van der Waals surface area contributed by atoms with Gasteiger partial charge in [-0.05, 0) is 38.4 Å². The van der Waals surface area contributed by atoms with E-state index in [9.17, 15) is 4.79 Å². The highest BCUT2D eigenvalue weighted by molar-refractivity contribution is 5.98. The van der Waals surface area contributed by atoms with Crippen molar-refractivity contribution in [2.45, 2.75) is 25.3 Å². The van der Waals surface area contributed by atoms with E-state index in [1.807, 2.05) is 0 Å². The lowest BCUT2D eigenvalue weighted by molar-refractivity contribution is 0.100. The average Bonchev–Trinajstić information content (AvgIpc) is 3.09. The third-order valence-corrected chi connectivity index (χ3v) is 4.33. The molecule has 1 amide bonds. The number of nitrogens with two attached hydrogens (primary N) is 2. The molecule has 6 nitrogen and oxygen atoms in total. The zero-order valence-corrected chi connectivity index (χ0v) is 11.6. The molecule has 2 fully saturated rings. The smallest absolute Gasteiger partial charge is 0.250 e. The number of aromatic nitrogens is 1. The van der Waals surface area contributed by atoms with Crippen molar-refractivity contribution in [1.29, 1.82) is 0 Å². The lowest BCUT2D eigenvalue weighted by Gasteiger charge is -2.24. The Kier molecular flexibility index (Phi) is 3.48. The highest BCUT2D eigenvalue weighted by Gasteiger charge is 2.30. The van der Waals surface area contributed by atoms with E-state index in [0.717, 1.165) is 25.3 Å². The Morgan fingerprint density at radius 3 is 2.75 bits per heavy atom. The SMILES string of the molecule is NC(=O)c1cc(N2CCC(N3CCCC3)C2)ncc1N. The third kappa shape index (κ3) is 2.43. The fraction of sp³-hybridized carbons (Fsp3) is 0.571. The van der Waals surface area contributed by atoms with Crippen molar-refractivity contribution < 1.29 is 4.79 Å². The monoisotopic (exact) mass is 275 g/mol. The first kappa shape index (κ1) is 13.2. The van der Waals surface area contributed by atoms with E-state index >= 15 is 0 Å². The summed E-state index contributed by atoms with van der Waals surface area (Å²) in [6.07, 6.45) is 5.29. The van der Waals surface area contributed by atoms with Crippen LogP contribution in [0.3, 0.4) is 0 Å². The van der Waals surface area contributed by atoms with E-state index in [0.29, 0.717) is 17.3 Å². The normalized spacial score (nSPS) is 23.4. The van der Waals surface area contributed by atoms with Crippen LogP contribution >= 0.6 is 0 Å². The van der Waals surface area contributed by atoms with Gasteiger partial charge in [0.05, 0.1) is 17.4 Å². The van der Waals surface area contributed by atoms with Crippen molar-refractivity contribution in [3.05, 3.63) is 17.8 Å². The number of nitrogen functional groups attached to an aromatic ring is 1. The van der Waals surface area contributed by atoms with E-state index in [2.05, 4.69) is 14.8 Å². The summed E-state index contributed by atoms with van der Waals surface area (Å²) in [6, 6.07) is 2.32. The van der Waals surface area contributed by atoms with Crippen LogP contribution in [-0.4, -0.2) is 48.0 Å². The van der Waals surface area contributed by atoms with Gasteiger partial charge in [-0.15, -0.1) is 0 Å². The summed E-state index contributed by atoms with van der Waals surface area (Å²) in [7, 11) is 0. The molecule has 2 saturated heterocycles. The number of primary amides is 1. The Morgan fingerprint density at radius 2 is 2.05 bits per heavy atom. The zero-order chi connectivity index (χ0) is 14.1. The summed E-state index contributed by atoms with van der Waals surface area (Å²) in [5.41, 5.74) is 11.8. The molecule has 1 aromatic rings. The number of nitrogens with zero attached hydrogens (tertiary/aromatic N) is 3. The van der Waals surface area contributed by atoms with Crippen LogP contribution in [0.15, 0.2) is 12.3 Å². The molecule has 3 rings (SSSR count). The Hall–Kier alpha value is -1.82. The maximum atomic E-state index is 11.4. The van der Waals surface area contributed by atoms with E-state index in [1.165, 1.54) is 32.1 Å². The number of hydrogen-bond acceptors (Lipinski definition) is 5. The number of pyridine rings is 1. The van der Waals surface area contributed by atoms with E-state index in [4.69, 9.17) is 11.5 Å². The molecule has 20 heavy (non-hydrogen) atoms. The molecule has 108 valence electrons. The van der Waals surface area contributed by atoms with Crippen LogP contribution in [0.1, 0.15) is 29.6 Å². The summed E-state index contributed by atoms with van der Waals surface area (Å²) in [5, 5.41) is 0. The van der Waals surface area contributed by atoms with Crippen molar-refractivity contribution in [2.75, 3.05) is 36.8 Å². The largest absolute Gasteiger partial charge is 0.397 e. The van der Waals surface area contributed by atoms with Gasteiger partial charge in [0.2, 0.25) is 0 Å². The second-order valence-corrected chi connectivity index (χ2v) is 5.63. The van der Waals surface area contributed by atoms with E-state index in [1.54, 1.807) is 6.07 Å². The fourth-order valence-electron chi connectivity index (χ4n) is 3.20. The first-order valence-corrected chi connectivity index (χ1v) is 7.19. The summed E-state index contributed by atoms with van der Waals surface area (Å²) in [4.78, 5) is 20.5. The molecule has 1 atom stereocenters. The molecule has 0 radical (unpaired) electrons. The van der Waals surface area contributed by atoms with Gasteiger partial charge in [-0.1, -0.05) is 0 Å². The summed E-state index contributed by atoms with van der Waals surface area (Å²) in [6.45, 7) is 4.35. The predicted octanol–water partition coefficient (Wildman–Crippen LogP) is 0.437. The van der Waals surface area contributed by atoms with Crippen LogP contribution in [0.4, 0.5) is 11.5 Å². The molecule has 1 aromatic heterocycles. The molecule has 4 N–H and O–H groups in total. The molecule has 2 aliphatic heterocycles. The van der Waals surface area contributed by atoms with Gasteiger partial charge in [-0.25, -0.2) is 4.98 Å². The van der Waals surface area contributed by atoms with Crippen molar-refractivity contribution in [1.82, 2.24) is 9.88 Å².